The van der Waals surface area contributed by atoms with Crippen molar-refractivity contribution < 1.29 is 24.1 Å². The number of rotatable bonds is 6. The summed E-state index contributed by atoms with van der Waals surface area (Å²) < 4.78 is 17.2. The van der Waals surface area contributed by atoms with Crippen LogP contribution in [0.1, 0.15) is 52.9 Å². The molecule has 5 rings (SSSR count). The van der Waals surface area contributed by atoms with Gasteiger partial charge in [-0.25, -0.2) is 4.79 Å². The van der Waals surface area contributed by atoms with E-state index in [1.807, 2.05) is 6.08 Å². The Balaban J connectivity index is 1.48. The van der Waals surface area contributed by atoms with Crippen molar-refractivity contribution in [3.63, 3.8) is 0 Å². The molecule has 5 aliphatic rings. The van der Waals surface area contributed by atoms with E-state index in [4.69, 9.17) is 14.2 Å². The lowest BCUT2D eigenvalue weighted by atomic mass is 9.68. The monoisotopic (exact) mass is 389 g/mol. The van der Waals surface area contributed by atoms with Crippen molar-refractivity contribution in [2.45, 2.75) is 76.3 Å². The Kier molecular flexibility index (Phi) is 4.04. The zero-order chi connectivity index (χ0) is 19.8. The smallest absolute Gasteiger partial charge is 0.343 e. The second kappa shape index (κ2) is 6.07. The second-order valence-corrected chi connectivity index (χ2v) is 9.25. The van der Waals surface area contributed by atoms with Crippen LogP contribution >= 0.6 is 0 Å². The summed E-state index contributed by atoms with van der Waals surface area (Å²) in [5.41, 5.74) is 0.527. The molecule has 0 aromatic carbocycles. The van der Waals surface area contributed by atoms with Gasteiger partial charge >= 0.3 is 5.97 Å². The number of ether oxygens (including phenoxy) is 3. The predicted molar refractivity (Wildman–Crippen MR) is 102 cm³/mol. The number of carbonyl (C=O) groups is 1. The fraction of sp³-hybridized carbons (Fsp3) is 0.773. The summed E-state index contributed by atoms with van der Waals surface area (Å²) in [7, 11) is 1.55. The number of hydrogen-bond donors (Lipinski definition) is 1. The first-order chi connectivity index (χ1) is 13.4. The topological polar surface area (TPSA) is 68.2 Å². The average Bonchev–Trinajstić information content (AvgIpc) is 3.27. The molecular formula is C22H31NO5. The van der Waals surface area contributed by atoms with E-state index in [9.17, 15) is 9.90 Å². The summed E-state index contributed by atoms with van der Waals surface area (Å²) in [4.78, 5) is 14.6. The molecule has 4 saturated heterocycles. The number of carbonyl (C=O) groups excluding carboxylic acids is 1. The third kappa shape index (κ3) is 2.06. The van der Waals surface area contributed by atoms with E-state index in [-0.39, 0.29) is 35.4 Å². The number of cyclic esters (lactones) is 1. The number of allylic oxidation sites excluding steroid dienone is 1. The molecule has 5 bridgehead atoms. The largest absolute Gasteiger partial charge is 0.492 e. The Morgan fingerprint density at radius 1 is 1.46 bits per heavy atom. The molecule has 6 nitrogen and oxygen atoms in total. The summed E-state index contributed by atoms with van der Waals surface area (Å²) in [5, 5.41) is 11.8. The number of nitrogens with zero attached hydrogens (tertiary/aromatic N) is 1. The van der Waals surface area contributed by atoms with Crippen LogP contribution in [0.15, 0.2) is 23.2 Å². The maximum absolute atomic E-state index is 11.9. The fourth-order valence-electron chi connectivity index (χ4n) is 7.19. The van der Waals surface area contributed by atoms with Crippen molar-refractivity contribution in [3.05, 3.63) is 23.2 Å². The highest BCUT2D eigenvalue weighted by molar-refractivity contribution is 5.93. The van der Waals surface area contributed by atoms with Crippen LogP contribution in [0.5, 0.6) is 0 Å². The van der Waals surface area contributed by atoms with Gasteiger partial charge in [-0.05, 0) is 44.7 Å². The molecule has 0 radical (unpaired) electrons. The first kappa shape index (κ1) is 18.6. The van der Waals surface area contributed by atoms with Crippen molar-refractivity contribution in [1.82, 2.24) is 4.90 Å². The van der Waals surface area contributed by atoms with Crippen LogP contribution in [-0.4, -0.2) is 53.1 Å². The number of aliphatic hydroxyl groups is 1. The van der Waals surface area contributed by atoms with Crippen molar-refractivity contribution >= 4 is 5.97 Å². The third-order valence-corrected chi connectivity index (χ3v) is 8.12. The van der Waals surface area contributed by atoms with Gasteiger partial charge in [0.25, 0.3) is 0 Å². The van der Waals surface area contributed by atoms with Gasteiger partial charge in [0.1, 0.15) is 0 Å². The summed E-state index contributed by atoms with van der Waals surface area (Å²) in [6.07, 6.45) is 7.56. The molecule has 154 valence electrons. The Labute approximate surface area is 166 Å². The van der Waals surface area contributed by atoms with E-state index in [2.05, 4.69) is 18.7 Å². The van der Waals surface area contributed by atoms with Crippen LogP contribution in [-0.2, 0) is 19.0 Å². The summed E-state index contributed by atoms with van der Waals surface area (Å²) in [6.45, 7) is 7.09. The van der Waals surface area contributed by atoms with Crippen LogP contribution in [0.3, 0.4) is 0 Å². The first-order valence-corrected chi connectivity index (χ1v) is 10.7. The lowest BCUT2D eigenvalue weighted by Crippen LogP contribution is -2.63. The van der Waals surface area contributed by atoms with Gasteiger partial charge in [-0.2, -0.15) is 0 Å². The van der Waals surface area contributed by atoms with E-state index in [1.54, 1.807) is 14.0 Å². The molecule has 4 fully saturated rings. The number of methoxy groups -OCH3 is 1. The number of piperidine rings is 1. The molecule has 28 heavy (non-hydrogen) atoms. The van der Waals surface area contributed by atoms with Crippen LogP contribution in [0.4, 0.5) is 0 Å². The highest BCUT2D eigenvalue weighted by atomic mass is 16.6. The molecular weight excluding hydrogens is 358 g/mol. The number of hydrogen-bond acceptors (Lipinski definition) is 6. The molecule has 0 spiro atoms. The van der Waals surface area contributed by atoms with E-state index in [1.165, 1.54) is 12.8 Å². The summed E-state index contributed by atoms with van der Waals surface area (Å²) >= 11 is 0. The summed E-state index contributed by atoms with van der Waals surface area (Å²) in [6, 6.07) is 0.319. The molecule has 0 saturated carbocycles. The molecule has 0 aromatic rings. The van der Waals surface area contributed by atoms with Crippen LogP contribution in [0, 0.1) is 17.8 Å². The van der Waals surface area contributed by atoms with E-state index < -0.39 is 5.79 Å². The second-order valence-electron chi connectivity index (χ2n) is 9.25. The van der Waals surface area contributed by atoms with Gasteiger partial charge in [-0.1, -0.05) is 26.7 Å². The lowest BCUT2D eigenvalue weighted by Gasteiger charge is -2.51. The number of unbranched alkanes of at least 4 members (excludes halogenated alkanes) is 1. The number of esters is 1. The van der Waals surface area contributed by atoms with Crippen molar-refractivity contribution in [2.24, 2.45) is 17.8 Å². The third-order valence-electron chi connectivity index (χ3n) is 8.12. The van der Waals surface area contributed by atoms with Crippen LogP contribution in [0.2, 0.25) is 0 Å². The van der Waals surface area contributed by atoms with Crippen molar-refractivity contribution in [1.29, 1.82) is 0 Å². The SMILES string of the molecule is CCCC[C@@]12[C@@H]3C[C@H]4[C@@H]([C@H](C)/C=C5/OC(=O)C(C)=C5OC)[C@@](O)(O3)[C@@H]1CCN42. The molecule has 1 unspecified atom stereocenters. The van der Waals surface area contributed by atoms with Gasteiger partial charge in [0, 0.05) is 17.9 Å². The molecule has 0 aliphatic carbocycles. The Hall–Kier alpha value is -1.37. The van der Waals surface area contributed by atoms with Crippen molar-refractivity contribution in [2.75, 3.05) is 13.7 Å². The predicted octanol–water partition coefficient (Wildman–Crippen LogP) is 2.72. The van der Waals surface area contributed by atoms with Gasteiger partial charge in [0.05, 0.1) is 24.3 Å². The van der Waals surface area contributed by atoms with Gasteiger partial charge in [0.2, 0.25) is 0 Å². The molecule has 5 aliphatic heterocycles. The van der Waals surface area contributed by atoms with Crippen LogP contribution < -0.4 is 0 Å². The Morgan fingerprint density at radius 2 is 2.25 bits per heavy atom. The highest BCUT2D eigenvalue weighted by Crippen LogP contribution is 2.68. The minimum absolute atomic E-state index is 0.000162. The molecule has 0 aromatic heterocycles. The zero-order valence-electron chi connectivity index (χ0n) is 17.2. The molecule has 0 amide bonds. The van der Waals surface area contributed by atoms with E-state index in [0.717, 1.165) is 25.8 Å². The van der Waals surface area contributed by atoms with Gasteiger partial charge < -0.3 is 19.3 Å². The maximum Gasteiger partial charge on any atom is 0.343 e. The highest BCUT2D eigenvalue weighted by Gasteiger charge is 2.80. The van der Waals surface area contributed by atoms with Gasteiger partial charge in [-0.3, -0.25) is 4.90 Å². The maximum atomic E-state index is 11.9. The zero-order valence-corrected chi connectivity index (χ0v) is 17.2. The van der Waals surface area contributed by atoms with E-state index >= 15 is 0 Å². The van der Waals surface area contributed by atoms with Crippen LogP contribution in [0.25, 0.3) is 0 Å². The van der Waals surface area contributed by atoms with E-state index in [0.29, 0.717) is 23.1 Å². The van der Waals surface area contributed by atoms with Crippen molar-refractivity contribution in [3.8, 4) is 0 Å². The Morgan fingerprint density at radius 3 is 2.96 bits per heavy atom. The average molecular weight is 389 g/mol. The molecule has 5 heterocycles. The lowest BCUT2D eigenvalue weighted by molar-refractivity contribution is -0.280. The normalized spacial score (nSPS) is 48.1. The van der Waals surface area contributed by atoms with Gasteiger partial charge in [0.15, 0.2) is 17.3 Å². The minimum Gasteiger partial charge on any atom is -0.492 e. The molecule has 6 heteroatoms. The summed E-state index contributed by atoms with van der Waals surface area (Å²) in [5.74, 6) is -0.329. The molecule has 1 N–H and O–H groups in total. The minimum atomic E-state index is -1.08. The Bertz CT molecular complexity index is 775. The molecule has 8 atom stereocenters. The van der Waals surface area contributed by atoms with Gasteiger partial charge in [-0.15, -0.1) is 0 Å². The fourth-order valence-corrected chi connectivity index (χ4v) is 7.19. The quantitative estimate of drug-likeness (QED) is 0.705. The first-order valence-electron chi connectivity index (χ1n) is 10.7. The standard InChI is InChI=1S/C22H31NO5/c1-5-6-8-21-16-7-9-23(21)14-11-17(21)28-22(16,25)18(14)12(2)10-15-19(26-4)13(3)20(24)27-15/h10,12,14,16-18,25H,5-9,11H2,1-4H3/b15-10+/t12-,14+,16-,17+,18-,21+,22+/m1/s1.